The lowest BCUT2D eigenvalue weighted by atomic mass is 10.1. The Morgan fingerprint density at radius 3 is 2.62 bits per heavy atom. The van der Waals surface area contributed by atoms with E-state index in [1.54, 1.807) is 30.6 Å². The van der Waals surface area contributed by atoms with Gasteiger partial charge in [-0.25, -0.2) is 4.39 Å². The molecule has 10 heteroatoms. The van der Waals surface area contributed by atoms with Crippen LogP contribution in [-0.4, -0.2) is 27.2 Å². The predicted octanol–water partition coefficient (Wildman–Crippen LogP) is 2.34. The Kier molecular flexibility index (Phi) is 6.03. The van der Waals surface area contributed by atoms with Gasteiger partial charge in [0.25, 0.3) is 5.91 Å². The number of anilines is 3. The lowest BCUT2D eigenvalue weighted by Gasteiger charge is -2.19. The highest BCUT2D eigenvalue weighted by Gasteiger charge is 2.20. The van der Waals surface area contributed by atoms with Crippen molar-refractivity contribution in [1.29, 1.82) is 0 Å². The van der Waals surface area contributed by atoms with Crippen LogP contribution in [0.2, 0.25) is 0 Å². The molecule has 0 aliphatic heterocycles. The van der Waals surface area contributed by atoms with Crippen LogP contribution in [0.5, 0.6) is 0 Å². The number of pyridine rings is 1. The molecule has 0 aliphatic rings. The maximum atomic E-state index is 14.6. The van der Waals surface area contributed by atoms with Crippen molar-refractivity contribution in [3.8, 4) is 0 Å². The first kappa shape index (κ1) is 20.2. The summed E-state index contributed by atoms with van der Waals surface area (Å²) >= 11 is 1.19. The summed E-state index contributed by atoms with van der Waals surface area (Å²) < 4.78 is 18.8. The number of primary amides is 2. The molecule has 150 valence electrons. The van der Waals surface area contributed by atoms with Gasteiger partial charge in [0.1, 0.15) is 16.9 Å². The number of hydrogen-bond acceptors (Lipinski definition) is 7. The molecular formula is C19H19FN6O2S. The smallest absolute Gasteiger partial charge is 0.250 e. The van der Waals surface area contributed by atoms with Crippen molar-refractivity contribution in [3.05, 3.63) is 65.4 Å². The molecular weight excluding hydrogens is 395 g/mol. The van der Waals surface area contributed by atoms with Crippen LogP contribution in [-0.2, 0) is 11.2 Å². The number of benzene rings is 1. The predicted molar refractivity (Wildman–Crippen MR) is 110 cm³/mol. The zero-order valence-corrected chi connectivity index (χ0v) is 16.3. The van der Waals surface area contributed by atoms with Gasteiger partial charge in [0.2, 0.25) is 5.91 Å². The number of nitrogens with zero attached hydrogens (tertiary/aromatic N) is 2. The number of aromatic nitrogens is 2. The minimum absolute atomic E-state index is 0.00595. The van der Waals surface area contributed by atoms with Gasteiger partial charge in [-0.2, -0.15) is 4.37 Å². The Hall–Kier alpha value is -3.53. The Morgan fingerprint density at radius 1 is 1.24 bits per heavy atom. The number of nitrogens with one attached hydrogen (secondary N) is 2. The average molecular weight is 414 g/mol. The van der Waals surface area contributed by atoms with E-state index < -0.39 is 23.7 Å². The molecule has 2 heterocycles. The highest BCUT2D eigenvalue weighted by molar-refractivity contribution is 7.10. The molecule has 2 amide bonds. The van der Waals surface area contributed by atoms with Gasteiger partial charge in [-0.3, -0.25) is 14.6 Å². The summed E-state index contributed by atoms with van der Waals surface area (Å²) in [5.74, 6) is -2.18. The lowest BCUT2D eigenvalue weighted by Crippen LogP contribution is -2.37. The Bertz CT molecular complexity index is 1040. The first-order valence-corrected chi connectivity index (χ1v) is 9.39. The van der Waals surface area contributed by atoms with Crippen LogP contribution in [0.25, 0.3) is 0 Å². The molecule has 3 aromatic rings. The van der Waals surface area contributed by atoms with Crippen LogP contribution in [0.3, 0.4) is 0 Å². The number of carbonyl (C=O) groups is 2. The number of nitrogens with two attached hydrogens (primary N) is 2. The highest BCUT2D eigenvalue weighted by Crippen LogP contribution is 2.29. The average Bonchev–Trinajstić information content (AvgIpc) is 3.08. The van der Waals surface area contributed by atoms with Crippen LogP contribution >= 0.6 is 11.5 Å². The third-order valence-corrected chi connectivity index (χ3v) is 4.89. The zero-order valence-electron chi connectivity index (χ0n) is 15.5. The van der Waals surface area contributed by atoms with E-state index in [1.165, 1.54) is 17.6 Å². The van der Waals surface area contributed by atoms with Crippen molar-refractivity contribution in [1.82, 2.24) is 9.36 Å². The van der Waals surface area contributed by atoms with Gasteiger partial charge in [-0.05, 0) is 48.3 Å². The molecule has 0 radical (unpaired) electrons. The minimum atomic E-state index is -0.883. The van der Waals surface area contributed by atoms with Gasteiger partial charge in [0.05, 0.1) is 22.6 Å². The summed E-state index contributed by atoms with van der Waals surface area (Å²) in [4.78, 5) is 27.6. The summed E-state index contributed by atoms with van der Waals surface area (Å²) in [6.45, 7) is 1.82. The summed E-state index contributed by atoms with van der Waals surface area (Å²) in [6, 6.07) is 6.81. The summed E-state index contributed by atoms with van der Waals surface area (Å²) in [6.07, 6.45) is 3.43. The minimum Gasteiger partial charge on any atom is -0.371 e. The van der Waals surface area contributed by atoms with E-state index in [9.17, 15) is 14.0 Å². The van der Waals surface area contributed by atoms with Gasteiger partial charge in [-0.15, -0.1) is 0 Å². The van der Waals surface area contributed by atoms with E-state index in [0.717, 1.165) is 17.3 Å². The maximum absolute atomic E-state index is 14.6. The number of carbonyl (C=O) groups excluding carboxylic acids is 2. The van der Waals surface area contributed by atoms with E-state index in [2.05, 4.69) is 20.0 Å². The van der Waals surface area contributed by atoms with E-state index in [4.69, 9.17) is 11.5 Å². The number of aryl methyl sites for hydroxylation is 1. The van der Waals surface area contributed by atoms with Gasteiger partial charge in [0, 0.05) is 18.8 Å². The zero-order chi connectivity index (χ0) is 21.0. The molecule has 0 saturated heterocycles. The number of halogens is 1. The van der Waals surface area contributed by atoms with Gasteiger partial charge < -0.3 is 22.1 Å². The highest BCUT2D eigenvalue weighted by atomic mass is 32.1. The fraction of sp³-hybridized carbons (Fsp3) is 0.158. The van der Waals surface area contributed by atoms with Crippen LogP contribution in [0, 0.1) is 12.7 Å². The van der Waals surface area contributed by atoms with E-state index in [1.807, 2.05) is 6.92 Å². The molecule has 0 bridgehead atoms. The number of hydrogen-bond donors (Lipinski definition) is 4. The number of amides is 2. The maximum Gasteiger partial charge on any atom is 0.250 e. The summed E-state index contributed by atoms with van der Waals surface area (Å²) in [5.41, 5.74) is 12.7. The fourth-order valence-corrected chi connectivity index (χ4v) is 3.39. The van der Waals surface area contributed by atoms with E-state index >= 15 is 0 Å². The molecule has 1 aromatic carbocycles. The Morgan fingerprint density at radius 2 is 2.03 bits per heavy atom. The van der Waals surface area contributed by atoms with Crippen molar-refractivity contribution < 1.29 is 14.0 Å². The van der Waals surface area contributed by atoms with Crippen molar-refractivity contribution >= 4 is 39.7 Å². The van der Waals surface area contributed by atoms with Crippen LogP contribution in [0.15, 0.2) is 42.7 Å². The van der Waals surface area contributed by atoms with Crippen molar-refractivity contribution in [2.24, 2.45) is 11.5 Å². The fourth-order valence-electron chi connectivity index (χ4n) is 2.71. The first-order chi connectivity index (χ1) is 13.8. The van der Waals surface area contributed by atoms with Gasteiger partial charge in [0.15, 0.2) is 0 Å². The molecule has 1 atom stereocenters. The SMILES string of the molecule is Cc1cc(Nc2cc(N[C@H](Cc3cccnc3)C(N)=O)c(F)cc2C(N)=O)sn1. The molecule has 29 heavy (non-hydrogen) atoms. The molecule has 0 fully saturated rings. The van der Waals surface area contributed by atoms with Crippen molar-refractivity contribution in [2.75, 3.05) is 10.6 Å². The normalized spacial score (nSPS) is 11.7. The second kappa shape index (κ2) is 8.65. The van der Waals surface area contributed by atoms with Crippen LogP contribution < -0.4 is 22.1 Å². The van der Waals surface area contributed by atoms with Crippen LogP contribution in [0.4, 0.5) is 20.8 Å². The summed E-state index contributed by atoms with van der Waals surface area (Å²) in [5, 5.41) is 6.48. The molecule has 0 unspecified atom stereocenters. The second-order valence-corrected chi connectivity index (χ2v) is 7.17. The van der Waals surface area contributed by atoms with Crippen LogP contribution in [0.1, 0.15) is 21.6 Å². The lowest BCUT2D eigenvalue weighted by molar-refractivity contribution is -0.118. The topological polar surface area (TPSA) is 136 Å². The largest absolute Gasteiger partial charge is 0.371 e. The monoisotopic (exact) mass is 414 g/mol. The Balaban J connectivity index is 1.91. The van der Waals surface area contributed by atoms with E-state index in [-0.39, 0.29) is 23.4 Å². The molecule has 3 rings (SSSR count). The molecule has 0 spiro atoms. The molecule has 2 aromatic heterocycles. The summed E-state index contributed by atoms with van der Waals surface area (Å²) in [7, 11) is 0. The first-order valence-electron chi connectivity index (χ1n) is 8.62. The molecule has 0 saturated carbocycles. The van der Waals surface area contributed by atoms with Gasteiger partial charge >= 0.3 is 0 Å². The van der Waals surface area contributed by atoms with E-state index in [0.29, 0.717) is 5.00 Å². The van der Waals surface area contributed by atoms with Crippen molar-refractivity contribution in [2.45, 2.75) is 19.4 Å². The number of rotatable bonds is 8. The van der Waals surface area contributed by atoms with Gasteiger partial charge in [-0.1, -0.05) is 6.07 Å². The third-order valence-electron chi connectivity index (χ3n) is 4.09. The molecule has 8 nitrogen and oxygen atoms in total. The van der Waals surface area contributed by atoms with Crippen molar-refractivity contribution in [3.63, 3.8) is 0 Å². The quantitative estimate of drug-likeness (QED) is 0.447. The third kappa shape index (κ3) is 5.05. The molecule has 6 N–H and O–H groups in total. The standard InChI is InChI=1S/C19H19FN6O2S/c1-10-5-17(29-26-10)25-14-8-15(13(20)7-12(14)18(21)27)24-16(19(22)28)6-11-3-2-4-23-9-11/h2-5,7-9,16,24-25H,6H2,1H3,(H2,21,27)(H2,22,28)/t16-/m1/s1. The second-order valence-electron chi connectivity index (χ2n) is 6.36. The molecule has 0 aliphatic carbocycles. The Labute approximate surface area is 170 Å².